The molecule has 0 radical (unpaired) electrons. The van der Waals surface area contributed by atoms with Crippen LogP contribution in [0.25, 0.3) is 0 Å². The lowest BCUT2D eigenvalue weighted by atomic mass is 9.76. The predicted octanol–water partition coefficient (Wildman–Crippen LogP) is 4.27. The highest BCUT2D eigenvalue weighted by Crippen LogP contribution is 2.37. The number of ether oxygens (including phenoxy) is 3. The molecule has 0 bridgehead atoms. The Morgan fingerprint density at radius 2 is 1.68 bits per heavy atom. The fourth-order valence-electron chi connectivity index (χ4n) is 4.50. The van der Waals surface area contributed by atoms with Crippen molar-refractivity contribution in [2.45, 2.75) is 84.5 Å². The van der Waals surface area contributed by atoms with Crippen molar-refractivity contribution in [1.82, 2.24) is 0 Å². The SMILES string of the molecule is COC1=C(OC)C(O)C(CC=C(C)CCC=C(C)CC2CCC(C)C(=O)O2)C(C)C1O. The average Bonchev–Trinajstić information content (AvgIpc) is 2.73. The van der Waals surface area contributed by atoms with Gasteiger partial charge in [0.25, 0.3) is 0 Å². The molecule has 0 saturated carbocycles. The Morgan fingerprint density at radius 1 is 1.03 bits per heavy atom. The van der Waals surface area contributed by atoms with Gasteiger partial charge in [-0.3, -0.25) is 4.79 Å². The Balaban J connectivity index is 1.86. The van der Waals surface area contributed by atoms with Crippen LogP contribution in [0.1, 0.15) is 66.2 Å². The molecule has 2 rings (SSSR count). The van der Waals surface area contributed by atoms with Gasteiger partial charge in [-0.25, -0.2) is 0 Å². The van der Waals surface area contributed by atoms with Gasteiger partial charge < -0.3 is 24.4 Å². The van der Waals surface area contributed by atoms with Crippen LogP contribution < -0.4 is 0 Å². The maximum absolute atomic E-state index is 11.7. The summed E-state index contributed by atoms with van der Waals surface area (Å²) in [6.07, 6.45) is 7.96. The summed E-state index contributed by atoms with van der Waals surface area (Å²) in [4.78, 5) is 11.7. The van der Waals surface area contributed by atoms with Gasteiger partial charge in [-0.05, 0) is 51.9 Å². The van der Waals surface area contributed by atoms with Crippen molar-refractivity contribution < 1.29 is 29.2 Å². The average molecular weight is 437 g/mol. The molecule has 0 aromatic rings. The lowest BCUT2D eigenvalue weighted by Crippen LogP contribution is -2.42. The Kier molecular flexibility index (Phi) is 9.63. The van der Waals surface area contributed by atoms with Gasteiger partial charge in [-0.2, -0.15) is 0 Å². The first kappa shape index (κ1) is 25.5. The molecule has 1 aliphatic carbocycles. The van der Waals surface area contributed by atoms with Crippen LogP contribution in [0.3, 0.4) is 0 Å². The Labute approximate surface area is 187 Å². The van der Waals surface area contributed by atoms with E-state index in [0.29, 0.717) is 17.9 Å². The van der Waals surface area contributed by atoms with Gasteiger partial charge in [0, 0.05) is 12.3 Å². The third-order valence-electron chi connectivity index (χ3n) is 6.73. The van der Waals surface area contributed by atoms with Gasteiger partial charge in [-0.1, -0.05) is 37.1 Å². The van der Waals surface area contributed by atoms with Crippen molar-refractivity contribution in [3.8, 4) is 0 Å². The first-order valence-corrected chi connectivity index (χ1v) is 11.4. The van der Waals surface area contributed by atoms with E-state index in [1.807, 2.05) is 13.8 Å². The summed E-state index contributed by atoms with van der Waals surface area (Å²) in [6.45, 7) is 8.04. The van der Waals surface area contributed by atoms with Crippen LogP contribution >= 0.6 is 0 Å². The molecule has 176 valence electrons. The highest BCUT2D eigenvalue weighted by atomic mass is 16.5. The van der Waals surface area contributed by atoms with Gasteiger partial charge in [0.2, 0.25) is 0 Å². The summed E-state index contributed by atoms with van der Waals surface area (Å²) in [5.74, 6) is 0.307. The minimum Gasteiger partial charge on any atom is -0.495 e. The quantitative estimate of drug-likeness (QED) is 0.415. The van der Waals surface area contributed by atoms with E-state index in [0.717, 1.165) is 32.1 Å². The van der Waals surface area contributed by atoms with Crippen molar-refractivity contribution >= 4 is 5.97 Å². The molecule has 0 aromatic heterocycles. The molecule has 0 amide bonds. The van der Waals surface area contributed by atoms with E-state index < -0.39 is 12.2 Å². The van der Waals surface area contributed by atoms with Crippen molar-refractivity contribution in [3.63, 3.8) is 0 Å². The molecule has 6 nitrogen and oxygen atoms in total. The minimum absolute atomic E-state index is 0.0114. The van der Waals surface area contributed by atoms with Crippen LogP contribution in [0.2, 0.25) is 0 Å². The van der Waals surface area contributed by atoms with Crippen LogP contribution in [0, 0.1) is 17.8 Å². The van der Waals surface area contributed by atoms with Crippen molar-refractivity contribution in [2.75, 3.05) is 14.2 Å². The fourth-order valence-corrected chi connectivity index (χ4v) is 4.50. The molecule has 0 aromatic carbocycles. The van der Waals surface area contributed by atoms with Crippen LogP contribution in [0.5, 0.6) is 0 Å². The highest BCUT2D eigenvalue weighted by molar-refractivity contribution is 5.72. The normalized spacial score (nSPS) is 32.7. The molecule has 6 heteroatoms. The zero-order valence-corrected chi connectivity index (χ0v) is 19.9. The number of hydrogen-bond acceptors (Lipinski definition) is 6. The Morgan fingerprint density at radius 3 is 2.29 bits per heavy atom. The second-order valence-corrected chi connectivity index (χ2v) is 9.17. The van der Waals surface area contributed by atoms with Crippen LogP contribution in [0.4, 0.5) is 0 Å². The highest BCUT2D eigenvalue weighted by Gasteiger charge is 2.42. The molecule has 1 fully saturated rings. The van der Waals surface area contributed by atoms with Gasteiger partial charge in [0.05, 0.1) is 20.1 Å². The van der Waals surface area contributed by atoms with E-state index in [1.165, 1.54) is 25.4 Å². The van der Waals surface area contributed by atoms with E-state index >= 15 is 0 Å². The maximum atomic E-state index is 11.7. The van der Waals surface area contributed by atoms with Gasteiger partial charge >= 0.3 is 5.97 Å². The van der Waals surface area contributed by atoms with E-state index in [9.17, 15) is 15.0 Å². The molecule has 1 heterocycles. The predicted molar refractivity (Wildman–Crippen MR) is 120 cm³/mol. The zero-order valence-electron chi connectivity index (χ0n) is 19.9. The number of allylic oxidation sites excluding steroid dienone is 3. The summed E-state index contributed by atoms with van der Waals surface area (Å²) in [6, 6.07) is 0. The number of carbonyl (C=O) groups excluding carboxylic acids is 1. The van der Waals surface area contributed by atoms with Crippen molar-refractivity contribution in [3.05, 3.63) is 34.8 Å². The third-order valence-corrected chi connectivity index (χ3v) is 6.73. The van der Waals surface area contributed by atoms with Crippen molar-refractivity contribution in [2.24, 2.45) is 17.8 Å². The standard InChI is InChI=1S/C25H40O6/c1-15(8-7-9-16(2)14-19-12-11-17(3)25(28)31-19)10-13-20-18(4)21(26)23(29-5)24(30-6)22(20)27/h9-10,17-22,26-27H,7-8,11-14H2,1-6H3. The first-order valence-electron chi connectivity index (χ1n) is 11.4. The zero-order chi connectivity index (χ0) is 23.1. The molecule has 1 saturated heterocycles. The lowest BCUT2D eigenvalue weighted by molar-refractivity contribution is -0.159. The lowest BCUT2D eigenvalue weighted by Gasteiger charge is -2.38. The van der Waals surface area contributed by atoms with Gasteiger partial charge in [0.1, 0.15) is 18.3 Å². The topological polar surface area (TPSA) is 85.2 Å². The number of esters is 1. The maximum Gasteiger partial charge on any atom is 0.308 e. The number of cyclic esters (lactones) is 1. The number of rotatable bonds is 9. The van der Waals surface area contributed by atoms with E-state index in [4.69, 9.17) is 14.2 Å². The van der Waals surface area contributed by atoms with E-state index in [2.05, 4.69) is 26.0 Å². The Hall–Kier alpha value is -1.79. The van der Waals surface area contributed by atoms with Crippen LogP contribution in [-0.4, -0.2) is 48.7 Å². The molecule has 1 aliphatic heterocycles. The number of hydrogen-bond donors (Lipinski definition) is 2. The number of aliphatic hydroxyl groups is 2. The van der Waals surface area contributed by atoms with Crippen LogP contribution in [-0.2, 0) is 19.0 Å². The second kappa shape index (κ2) is 11.7. The molecular weight excluding hydrogens is 396 g/mol. The Bertz CT molecular complexity index is 707. The number of methoxy groups -OCH3 is 2. The molecule has 0 spiro atoms. The summed E-state index contributed by atoms with van der Waals surface area (Å²) in [5, 5.41) is 21.2. The van der Waals surface area contributed by atoms with Gasteiger partial charge in [0.15, 0.2) is 11.5 Å². The number of carbonyl (C=O) groups is 1. The van der Waals surface area contributed by atoms with E-state index in [-0.39, 0.29) is 29.8 Å². The summed E-state index contributed by atoms with van der Waals surface area (Å²) < 4.78 is 16.1. The molecule has 31 heavy (non-hydrogen) atoms. The molecule has 2 aliphatic rings. The van der Waals surface area contributed by atoms with Crippen molar-refractivity contribution in [1.29, 1.82) is 0 Å². The minimum atomic E-state index is -0.800. The summed E-state index contributed by atoms with van der Waals surface area (Å²) >= 11 is 0. The van der Waals surface area contributed by atoms with E-state index in [1.54, 1.807) is 0 Å². The smallest absolute Gasteiger partial charge is 0.308 e. The molecule has 6 unspecified atom stereocenters. The largest absolute Gasteiger partial charge is 0.495 e. The monoisotopic (exact) mass is 436 g/mol. The fraction of sp³-hybridized carbons (Fsp3) is 0.720. The summed E-state index contributed by atoms with van der Waals surface area (Å²) in [5.41, 5.74) is 2.50. The van der Waals surface area contributed by atoms with Crippen LogP contribution in [0.15, 0.2) is 34.8 Å². The molecular formula is C25H40O6. The molecule has 2 N–H and O–H groups in total. The second-order valence-electron chi connectivity index (χ2n) is 9.17. The summed E-state index contributed by atoms with van der Waals surface area (Å²) in [7, 11) is 2.97. The number of aliphatic hydroxyl groups excluding tert-OH is 2. The first-order chi connectivity index (χ1) is 14.7. The third kappa shape index (κ3) is 6.59. The molecule has 6 atom stereocenters. The van der Waals surface area contributed by atoms with Gasteiger partial charge in [-0.15, -0.1) is 0 Å².